The maximum absolute atomic E-state index is 11.2. The minimum absolute atomic E-state index is 0.0346. The molecule has 1 rings (SSSR count). The van der Waals surface area contributed by atoms with Crippen LogP contribution in [-0.4, -0.2) is 19.2 Å². The third-order valence-corrected chi connectivity index (χ3v) is 3.11. The normalized spacial score (nSPS) is 25.9. The lowest BCUT2D eigenvalue weighted by Crippen LogP contribution is -2.40. The zero-order valence-corrected chi connectivity index (χ0v) is 10.0. The SMILES string of the molecule is C=C(C1CC1C)C(NC(=O)OC)C(C)C. The minimum Gasteiger partial charge on any atom is -0.453 e. The molecule has 0 radical (unpaired) electrons. The van der Waals surface area contributed by atoms with Crippen molar-refractivity contribution in [1.82, 2.24) is 5.32 Å². The Morgan fingerprint density at radius 2 is 2.07 bits per heavy atom. The summed E-state index contributed by atoms with van der Waals surface area (Å²) < 4.78 is 4.62. The van der Waals surface area contributed by atoms with E-state index in [1.807, 2.05) is 0 Å². The Morgan fingerprint density at radius 1 is 1.53 bits per heavy atom. The van der Waals surface area contributed by atoms with Gasteiger partial charge in [-0.2, -0.15) is 0 Å². The largest absolute Gasteiger partial charge is 0.453 e. The summed E-state index contributed by atoms with van der Waals surface area (Å²) in [4.78, 5) is 11.2. The molecule has 1 amide bonds. The van der Waals surface area contributed by atoms with Crippen molar-refractivity contribution in [2.45, 2.75) is 33.2 Å². The number of amides is 1. The monoisotopic (exact) mass is 211 g/mol. The van der Waals surface area contributed by atoms with Gasteiger partial charge in [-0.1, -0.05) is 32.9 Å². The first-order valence-electron chi connectivity index (χ1n) is 5.50. The summed E-state index contributed by atoms with van der Waals surface area (Å²) in [6.45, 7) is 10.5. The molecule has 1 aliphatic carbocycles. The van der Waals surface area contributed by atoms with Crippen LogP contribution in [0.4, 0.5) is 4.79 Å². The molecule has 0 aromatic rings. The number of ether oxygens (including phenoxy) is 1. The molecule has 0 heterocycles. The van der Waals surface area contributed by atoms with E-state index in [1.54, 1.807) is 0 Å². The number of hydrogen-bond acceptors (Lipinski definition) is 2. The molecule has 0 spiro atoms. The van der Waals surface area contributed by atoms with Crippen molar-refractivity contribution in [1.29, 1.82) is 0 Å². The van der Waals surface area contributed by atoms with Crippen molar-refractivity contribution >= 4 is 6.09 Å². The van der Waals surface area contributed by atoms with Crippen molar-refractivity contribution in [3.8, 4) is 0 Å². The van der Waals surface area contributed by atoms with E-state index < -0.39 is 0 Å². The predicted molar refractivity (Wildman–Crippen MR) is 60.6 cm³/mol. The molecule has 0 saturated heterocycles. The number of rotatable bonds is 4. The van der Waals surface area contributed by atoms with E-state index in [-0.39, 0.29) is 12.1 Å². The maximum atomic E-state index is 11.2. The van der Waals surface area contributed by atoms with Gasteiger partial charge < -0.3 is 10.1 Å². The highest BCUT2D eigenvalue weighted by molar-refractivity contribution is 5.68. The smallest absolute Gasteiger partial charge is 0.407 e. The summed E-state index contributed by atoms with van der Waals surface area (Å²) in [5.74, 6) is 1.65. The first-order chi connectivity index (χ1) is 6.97. The van der Waals surface area contributed by atoms with E-state index in [2.05, 4.69) is 37.4 Å². The molecule has 0 bridgehead atoms. The molecule has 3 heteroatoms. The zero-order chi connectivity index (χ0) is 11.6. The fourth-order valence-electron chi connectivity index (χ4n) is 1.94. The van der Waals surface area contributed by atoms with Gasteiger partial charge in [0.1, 0.15) is 0 Å². The van der Waals surface area contributed by atoms with Gasteiger partial charge in [0, 0.05) is 0 Å². The fraction of sp³-hybridized carbons (Fsp3) is 0.750. The molecule has 3 nitrogen and oxygen atoms in total. The molecule has 3 atom stereocenters. The third-order valence-electron chi connectivity index (χ3n) is 3.11. The number of methoxy groups -OCH3 is 1. The van der Waals surface area contributed by atoms with E-state index in [9.17, 15) is 4.79 Å². The van der Waals surface area contributed by atoms with Crippen LogP contribution in [0.1, 0.15) is 27.2 Å². The second-order valence-corrected chi connectivity index (χ2v) is 4.75. The maximum Gasteiger partial charge on any atom is 0.407 e. The lowest BCUT2D eigenvalue weighted by Gasteiger charge is -2.24. The zero-order valence-electron chi connectivity index (χ0n) is 10.0. The number of carbonyl (C=O) groups is 1. The molecule has 1 fully saturated rings. The van der Waals surface area contributed by atoms with Crippen LogP contribution in [0, 0.1) is 17.8 Å². The number of nitrogens with one attached hydrogen (secondary N) is 1. The third kappa shape index (κ3) is 2.98. The van der Waals surface area contributed by atoms with Crippen LogP contribution in [0.2, 0.25) is 0 Å². The Morgan fingerprint density at radius 3 is 2.40 bits per heavy atom. The van der Waals surface area contributed by atoms with Crippen molar-refractivity contribution in [2.75, 3.05) is 7.11 Å². The molecule has 1 aliphatic rings. The summed E-state index contributed by atoms with van der Waals surface area (Å²) in [6, 6.07) is 0.0346. The van der Waals surface area contributed by atoms with Gasteiger partial charge in [-0.05, 0) is 24.2 Å². The molecular weight excluding hydrogens is 190 g/mol. The van der Waals surface area contributed by atoms with Crippen molar-refractivity contribution < 1.29 is 9.53 Å². The second-order valence-electron chi connectivity index (χ2n) is 4.75. The highest BCUT2D eigenvalue weighted by Gasteiger charge is 2.38. The van der Waals surface area contributed by atoms with Gasteiger partial charge >= 0.3 is 6.09 Å². The Kier molecular flexibility index (Phi) is 3.77. The molecule has 1 saturated carbocycles. The molecule has 0 aromatic heterocycles. The van der Waals surface area contributed by atoms with Crippen LogP contribution >= 0.6 is 0 Å². The van der Waals surface area contributed by atoms with Crippen LogP contribution in [0.25, 0.3) is 0 Å². The topological polar surface area (TPSA) is 38.3 Å². The lowest BCUT2D eigenvalue weighted by molar-refractivity contribution is 0.165. The first-order valence-corrected chi connectivity index (χ1v) is 5.50. The lowest BCUT2D eigenvalue weighted by atomic mass is 9.93. The van der Waals surface area contributed by atoms with Gasteiger partial charge in [0.2, 0.25) is 0 Å². The summed E-state index contributed by atoms with van der Waals surface area (Å²) in [5, 5.41) is 2.85. The summed E-state index contributed by atoms with van der Waals surface area (Å²) >= 11 is 0. The molecule has 3 unspecified atom stereocenters. The van der Waals surface area contributed by atoms with Gasteiger partial charge in [-0.25, -0.2) is 4.79 Å². The predicted octanol–water partition coefficient (Wildman–Crippen LogP) is 2.58. The van der Waals surface area contributed by atoms with E-state index in [1.165, 1.54) is 13.5 Å². The van der Waals surface area contributed by atoms with Crippen LogP contribution in [0.3, 0.4) is 0 Å². The number of carbonyl (C=O) groups excluding carboxylic acids is 1. The van der Waals surface area contributed by atoms with Gasteiger partial charge in [0.25, 0.3) is 0 Å². The molecule has 86 valence electrons. The first kappa shape index (κ1) is 12.1. The standard InChI is InChI=1S/C12H21NO2/c1-7(2)11(13-12(14)15-5)9(4)10-6-8(10)3/h7-8,10-11H,4,6H2,1-3,5H3,(H,13,14). The number of hydrogen-bond donors (Lipinski definition) is 1. The Balaban J connectivity index is 2.57. The molecule has 1 N–H and O–H groups in total. The molecular formula is C12H21NO2. The summed E-state index contributed by atoms with van der Waals surface area (Å²) in [7, 11) is 1.38. The van der Waals surface area contributed by atoms with Crippen LogP contribution in [0.5, 0.6) is 0 Å². The quantitative estimate of drug-likeness (QED) is 0.726. The minimum atomic E-state index is -0.372. The van der Waals surface area contributed by atoms with Gasteiger partial charge in [-0.15, -0.1) is 0 Å². The molecule has 0 aromatic carbocycles. The number of alkyl carbamates (subject to hydrolysis) is 1. The van der Waals surface area contributed by atoms with Gasteiger partial charge in [0.15, 0.2) is 0 Å². The van der Waals surface area contributed by atoms with Crippen LogP contribution < -0.4 is 5.32 Å². The summed E-state index contributed by atoms with van der Waals surface area (Å²) in [5.41, 5.74) is 1.14. The van der Waals surface area contributed by atoms with E-state index in [4.69, 9.17) is 0 Å². The highest BCUT2D eigenvalue weighted by atomic mass is 16.5. The highest BCUT2D eigenvalue weighted by Crippen LogP contribution is 2.44. The average Bonchev–Trinajstić information content (AvgIpc) is 2.90. The average molecular weight is 211 g/mol. The van der Waals surface area contributed by atoms with E-state index >= 15 is 0 Å². The molecule has 0 aliphatic heterocycles. The Bertz CT molecular complexity index is 260. The van der Waals surface area contributed by atoms with Crippen LogP contribution in [-0.2, 0) is 4.74 Å². The van der Waals surface area contributed by atoms with E-state index in [0.717, 1.165) is 11.5 Å². The van der Waals surface area contributed by atoms with Crippen LogP contribution in [0.15, 0.2) is 12.2 Å². The van der Waals surface area contributed by atoms with Crippen molar-refractivity contribution in [3.63, 3.8) is 0 Å². The second kappa shape index (κ2) is 4.69. The van der Waals surface area contributed by atoms with Crippen molar-refractivity contribution in [2.24, 2.45) is 17.8 Å². The molecule has 15 heavy (non-hydrogen) atoms. The van der Waals surface area contributed by atoms with Crippen molar-refractivity contribution in [3.05, 3.63) is 12.2 Å². The summed E-state index contributed by atoms with van der Waals surface area (Å²) in [6.07, 6.45) is 0.827. The Hall–Kier alpha value is -0.990. The van der Waals surface area contributed by atoms with E-state index in [0.29, 0.717) is 11.8 Å². The fourth-order valence-corrected chi connectivity index (χ4v) is 1.94. The van der Waals surface area contributed by atoms with Gasteiger partial charge in [-0.3, -0.25) is 0 Å². The Labute approximate surface area is 91.9 Å². The van der Waals surface area contributed by atoms with Gasteiger partial charge in [0.05, 0.1) is 13.2 Å².